The van der Waals surface area contributed by atoms with E-state index in [9.17, 15) is 9.59 Å². The first kappa shape index (κ1) is 19.9. The summed E-state index contributed by atoms with van der Waals surface area (Å²) in [5.74, 6) is -0.165. The van der Waals surface area contributed by atoms with Crippen LogP contribution >= 0.6 is 15.9 Å². The molecule has 0 aliphatic carbocycles. The van der Waals surface area contributed by atoms with Crippen LogP contribution in [0.5, 0.6) is 0 Å². The summed E-state index contributed by atoms with van der Waals surface area (Å²) in [5, 5.41) is 2.70. The van der Waals surface area contributed by atoms with Crippen molar-refractivity contribution < 1.29 is 9.59 Å². The van der Waals surface area contributed by atoms with Crippen LogP contribution < -0.4 is 5.32 Å². The molecular formula is C21H23BrN2O2. The van der Waals surface area contributed by atoms with Crippen molar-refractivity contribution in [2.45, 2.75) is 26.3 Å². The largest absolute Gasteiger partial charge is 0.338 e. The Morgan fingerprint density at radius 3 is 2.46 bits per heavy atom. The maximum Gasteiger partial charge on any atom is 0.247 e. The van der Waals surface area contributed by atoms with Crippen molar-refractivity contribution in [3.63, 3.8) is 0 Å². The van der Waals surface area contributed by atoms with Crippen LogP contribution in [0.1, 0.15) is 24.5 Å². The number of hydrogen-bond donors (Lipinski definition) is 1. The molecule has 2 rings (SSSR count). The van der Waals surface area contributed by atoms with Crippen LogP contribution in [0.3, 0.4) is 0 Å². The summed E-state index contributed by atoms with van der Waals surface area (Å²) >= 11 is 3.55. The van der Waals surface area contributed by atoms with Gasteiger partial charge < -0.3 is 10.2 Å². The van der Waals surface area contributed by atoms with Crippen LogP contribution in [0, 0.1) is 0 Å². The van der Waals surface area contributed by atoms with Gasteiger partial charge in [-0.15, -0.1) is 0 Å². The van der Waals surface area contributed by atoms with E-state index in [4.69, 9.17) is 0 Å². The molecule has 0 saturated carbocycles. The summed E-state index contributed by atoms with van der Waals surface area (Å²) < 4.78 is 1.01. The van der Waals surface area contributed by atoms with E-state index >= 15 is 0 Å². The molecule has 4 nitrogen and oxygen atoms in total. The summed E-state index contributed by atoms with van der Waals surface area (Å²) in [6, 6.07) is 15.3. The number of carbonyl (C=O) groups excluding carboxylic acids is 2. The lowest BCUT2D eigenvalue weighted by atomic mass is 10.1. The van der Waals surface area contributed by atoms with E-state index in [-0.39, 0.29) is 11.8 Å². The first-order valence-electron chi connectivity index (χ1n) is 8.57. The van der Waals surface area contributed by atoms with E-state index in [2.05, 4.69) is 34.7 Å². The van der Waals surface area contributed by atoms with Crippen molar-refractivity contribution >= 4 is 33.4 Å². The van der Waals surface area contributed by atoms with Crippen LogP contribution in [0.25, 0.3) is 0 Å². The lowest BCUT2D eigenvalue weighted by molar-refractivity contribution is -0.131. The number of anilines is 1. The Kier molecular flexibility index (Phi) is 7.60. The van der Waals surface area contributed by atoms with Gasteiger partial charge in [-0.3, -0.25) is 9.59 Å². The van der Waals surface area contributed by atoms with Gasteiger partial charge in [-0.2, -0.15) is 0 Å². The van der Waals surface area contributed by atoms with Gasteiger partial charge in [-0.25, -0.2) is 0 Å². The molecule has 0 aliphatic rings. The first-order chi connectivity index (χ1) is 12.5. The van der Waals surface area contributed by atoms with E-state index in [0.29, 0.717) is 25.2 Å². The minimum atomic E-state index is -0.253. The highest BCUT2D eigenvalue weighted by Gasteiger charge is 2.15. The van der Waals surface area contributed by atoms with E-state index < -0.39 is 0 Å². The number of rotatable bonds is 8. The monoisotopic (exact) mass is 414 g/mol. The molecule has 0 aromatic heterocycles. The minimum absolute atomic E-state index is 0.0884. The zero-order valence-electron chi connectivity index (χ0n) is 14.9. The molecule has 0 atom stereocenters. The molecule has 0 heterocycles. The van der Waals surface area contributed by atoms with Crippen molar-refractivity contribution in [3.8, 4) is 0 Å². The molecule has 136 valence electrons. The van der Waals surface area contributed by atoms with Gasteiger partial charge in [0.15, 0.2) is 0 Å². The van der Waals surface area contributed by atoms with Crippen LogP contribution in [-0.2, 0) is 22.6 Å². The molecule has 26 heavy (non-hydrogen) atoms. The minimum Gasteiger partial charge on any atom is -0.338 e. The van der Waals surface area contributed by atoms with Gasteiger partial charge in [0.1, 0.15) is 0 Å². The highest BCUT2D eigenvalue weighted by molar-refractivity contribution is 9.10. The Morgan fingerprint density at radius 1 is 1.15 bits per heavy atom. The van der Waals surface area contributed by atoms with Crippen LogP contribution in [0.4, 0.5) is 5.69 Å². The van der Waals surface area contributed by atoms with Crippen LogP contribution in [0.15, 0.2) is 65.7 Å². The number of hydrogen-bond acceptors (Lipinski definition) is 2. The molecule has 2 aromatic carbocycles. The van der Waals surface area contributed by atoms with E-state index in [1.54, 1.807) is 12.1 Å². The second-order valence-electron chi connectivity index (χ2n) is 5.97. The first-order valence-corrected chi connectivity index (χ1v) is 9.36. The lowest BCUT2D eigenvalue weighted by Gasteiger charge is -2.23. The van der Waals surface area contributed by atoms with Crippen molar-refractivity contribution in [2.24, 2.45) is 0 Å². The predicted molar refractivity (Wildman–Crippen MR) is 109 cm³/mol. The lowest BCUT2D eigenvalue weighted by Crippen LogP contribution is -2.32. The molecule has 0 radical (unpaired) electrons. The van der Waals surface area contributed by atoms with Gasteiger partial charge in [0.2, 0.25) is 11.8 Å². The zero-order valence-corrected chi connectivity index (χ0v) is 16.5. The summed E-state index contributed by atoms with van der Waals surface area (Å²) in [4.78, 5) is 25.9. The predicted octanol–water partition coefficient (Wildman–Crippen LogP) is 4.55. The summed E-state index contributed by atoms with van der Waals surface area (Å²) in [6.07, 6.45) is 2.46. The van der Waals surface area contributed by atoms with Gasteiger partial charge in [0, 0.05) is 23.2 Å². The third kappa shape index (κ3) is 5.85. The van der Waals surface area contributed by atoms with E-state index in [1.165, 1.54) is 6.08 Å². The third-order valence-electron chi connectivity index (χ3n) is 3.93. The highest BCUT2D eigenvalue weighted by atomic mass is 79.9. The SMILES string of the molecule is C=CC(=O)Nc1ccc(CC(=O)N(CCC)Cc2ccccc2Br)cc1. The summed E-state index contributed by atoms with van der Waals surface area (Å²) in [5.41, 5.74) is 2.70. The summed E-state index contributed by atoms with van der Waals surface area (Å²) in [6.45, 7) is 6.79. The van der Waals surface area contributed by atoms with Gasteiger partial charge in [0.05, 0.1) is 6.42 Å². The fourth-order valence-corrected chi connectivity index (χ4v) is 2.99. The highest BCUT2D eigenvalue weighted by Crippen LogP contribution is 2.19. The molecule has 5 heteroatoms. The van der Waals surface area contributed by atoms with Gasteiger partial charge >= 0.3 is 0 Å². The van der Waals surface area contributed by atoms with Crippen molar-refractivity contribution in [1.82, 2.24) is 4.90 Å². The molecule has 2 amide bonds. The van der Waals surface area contributed by atoms with Gasteiger partial charge in [0.25, 0.3) is 0 Å². The average Bonchev–Trinajstić information content (AvgIpc) is 2.64. The van der Waals surface area contributed by atoms with Gasteiger partial charge in [-0.05, 0) is 41.8 Å². The van der Waals surface area contributed by atoms with Crippen molar-refractivity contribution in [1.29, 1.82) is 0 Å². The smallest absolute Gasteiger partial charge is 0.247 e. The van der Waals surface area contributed by atoms with E-state index in [1.807, 2.05) is 41.3 Å². The molecule has 0 saturated heterocycles. The number of amides is 2. The number of halogens is 1. The second kappa shape index (κ2) is 9.92. The Morgan fingerprint density at radius 2 is 1.85 bits per heavy atom. The standard InChI is InChI=1S/C21H23BrN2O2/c1-3-13-24(15-17-7-5-6-8-19(17)22)21(26)14-16-9-11-18(12-10-16)23-20(25)4-2/h4-12H,2-3,13-15H2,1H3,(H,23,25). The van der Waals surface area contributed by atoms with Crippen molar-refractivity contribution in [3.05, 3.63) is 76.8 Å². The molecular weight excluding hydrogens is 392 g/mol. The molecule has 0 unspecified atom stereocenters. The van der Waals surface area contributed by atoms with E-state index in [0.717, 1.165) is 22.0 Å². The molecule has 0 spiro atoms. The fourth-order valence-electron chi connectivity index (χ4n) is 2.58. The van der Waals surface area contributed by atoms with Crippen molar-refractivity contribution in [2.75, 3.05) is 11.9 Å². The van der Waals surface area contributed by atoms with Crippen LogP contribution in [0.2, 0.25) is 0 Å². The molecule has 0 fully saturated rings. The number of nitrogens with one attached hydrogen (secondary N) is 1. The quantitative estimate of drug-likeness (QED) is 0.643. The Hall–Kier alpha value is -2.40. The zero-order chi connectivity index (χ0) is 18.9. The number of benzene rings is 2. The van der Waals surface area contributed by atoms with Gasteiger partial charge in [-0.1, -0.05) is 59.8 Å². The average molecular weight is 415 g/mol. The summed E-state index contributed by atoms with van der Waals surface area (Å²) in [7, 11) is 0. The Bertz CT molecular complexity index is 772. The second-order valence-corrected chi connectivity index (χ2v) is 6.83. The Labute approximate surface area is 163 Å². The maximum absolute atomic E-state index is 12.8. The third-order valence-corrected chi connectivity index (χ3v) is 4.70. The molecule has 1 N–H and O–H groups in total. The number of nitrogens with zero attached hydrogens (tertiary/aromatic N) is 1. The molecule has 0 bridgehead atoms. The normalized spacial score (nSPS) is 10.2. The Balaban J connectivity index is 2.03. The maximum atomic E-state index is 12.8. The molecule has 2 aromatic rings. The number of carbonyl (C=O) groups is 2. The van der Waals surface area contributed by atoms with Crippen LogP contribution in [-0.4, -0.2) is 23.3 Å². The fraction of sp³-hybridized carbons (Fsp3) is 0.238. The molecule has 0 aliphatic heterocycles. The topological polar surface area (TPSA) is 49.4 Å².